The smallest absolute Gasteiger partial charge is 0.242 e. The summed E-state index contributed by atoms with van der Waals surface area (Å²) < 4.78 is 52.5. The summed E-state index contributed by atoms with van der Waals surface area (Å²) in [6.07, 6.45) is -0.0640. The van der Waals surface area contributed by atoms with Crippen molar-refractivity contribution in [3.63, 3.8) is 0 Å². The van der Waals surface area contributed by atoms with Gasteiger partial charge in [-0.1, -0.05) is 0 Å². The van der Waals surface area contributed by atoms with Crippen LogP contribution < -0.4 is 5.73 Å². The molecule has 5 nitrogen and oxygen atoms in total. The Hall–Kier alpha value is -1.70. The molecule has 2 rings (SSSR count). The summed E-state index contributed by atoms with van der Waals surface area (Å²) in [6.45, 7) is 3.05. The molecule has 1 aromatic carbocycles. The van der Waals surface area contributed by atoms with Gasteiger partial charge < -0.3 is 5.73 Å². The predicted molar refractivity (Wildman–Crippen MR) is 76.2 cm³/mol. The van der Waals surface area contributed by atoms with Crippen LogP contribution in [0.2, 0.25) is 0 Å². The molecule has 116 valence electrons. The first-order valence-corrected chi connectivity index (χ1v) is 7.85. The average Bonchev–Trinajstić information content (AvgIpc) is 2.39. The topological polar surface area (TPSA) is 75.8 Å². The molecule has 2 unspecified atom stereocenters. The Balaban J connectivity index is 2.49. The Morgan fingerprint density at radius 1 is 1.43 bits per heavy atom. The number of rotatable bonds is 2. The van der Waals surface area contributed by atoms with Crippen molar-refractivity contribution in [2.75, 3.05) is 7.05 Å². The van der Waals surface area contributed by atoms with E-state index in [4.69, 9.17) is 5.73 Å². The summed E-state index contributed by atoms with van der Waals surface area (Å²) >= 11 is 0. The van der Waals surface area contributed by atoms with E-state index in [0.717, 1.165) is 22.5 Å². The zero-order chi connectivity index (χ0) is 16.0. The van der Waals surface area contributed by atoms with Crippen molar-refractivity contribution < 1.29 is 17.2 Å². The molecule has 0 saturated heterocycles. The van der Waals surface area contributed by atoms with E-state index in [2.05, 4.69) is 4.99 Å². The molecular formula is C13H17F2N3O2S. The first-order chi connectivity index (χ1) is 9.58. The lowest BCUT2D eigenvalue weighted by atomic mass is 9.90. The number of guanidine groups is 1. The van der Waals surface area contributed by atoms with E-state index in [1.807, 2.05) is 0 Å². The average molecular weight is 317 g/mol. The van der Waals surface area contributed by atoms with Crippen molar-refractivity contribution in [2.24, 2.45) is 10.7 Å². The molecule has 0 spiro atoms. The van der Waals surface area contributed by atoms with E-state index >= 15 is 0 Å². The van der Waals surface area contributed by atoms with E-state index in [9.17, 15) is 17.2 Å². The van der Waals surface area contributed by atoms with Crippen LogP contribution in [0.25, 0.3) is 0 Å². The molecule has 21 heavy (non-hydrogen) atoms. The van der Waals surface area contributed by atoms with Crippen LogP contribution in [0.15, 0.2) is 23.2 Å². The molecule has 0 fully saturated rings. The van der Waals surface area contributed by atoms with Crippen molar-refractivity contribution in [3.05, 3.63) is 35.4 Å². The standard InChI is InChI=1S/C13H17F2N3O2S/c1-8-13(2,17-12(16)18(3)21(8,19)20)7-9-6-10(14)4-5-11(9)15/h4-6,8H,7H2,1-3H3,(H2,16,17). The lowest BCUT2D eigenvalue weighted by Gasteiger charge is -2.39. The van der Waals surface area contributed by atoms with Crippen LogP contribution in [0.1, 0.15) is 19.4 Å². The van der Waals surface area contributed by atoms with E-state index in [-0.39, 0.29) is 17.9 Å². The molecule has 0 amide bonds. The Labute approximate surface area is 122 Å². The largest absolute Gasteiger partial charge is 0.369 e. The summed E-state index contributed by atoms with van der Waals surface area (Å²) in [5.41, 5.74) is 4.55. The van der Waals surface area contributed by atoms with Gasteiger partial charge in [-0.05, 0) is 37.6 Å². The van der Waals surface area contributed by atoms with Gasteiger partial charge >= 0.3 is 0 Å². The van der Waals surface area contributed by atoms with Gasteiger partial charge in [0.25, 0.3) is 0 Å². The quantitative estimate of drug-likeness (QED) is 0.892. The zero-order valence-electron chi connectivity index (χ0n) is 12.0. The third-order valence-corrected chi connectivity index (χ3v) is 6.30. The molecule has 1 aliphatic heterocycles. The molecule has 1 aliphatic rings. The molecular weight excluding hydrogens is 300 g/mol. The Bertz CT molecular complexity index is 705. The monoisotopic (exact) mass is 317 g/mol. The van der Waals surface area contributed by atoms with Crippen molar-refractivity contribution in [2.45, 2.75) is 31.1 Å². The maximum atomic E-state index is 13.8. The second-order valence-electron chi connectivity index (χ2n) is 5.39. The highest BCUT2D eigenvalue weighted by Gasteiger charge is 2.46. The number of hydrogen-bond acceptors (Lipinski definition) is 4. The van der Waals surface area contributed by atoms with Crippen LogP contribution in [0.4, 0.5) is 8.78 Å². The molecule has 0 saturated carbocycles. The van der Waals surface area contributed by atoms with Crippen LogP contribution in [0.5, 0.6) is 0 Å². The van der Waals surface area contributed by atoms with Crippen LogP contribution in [-0.4, -0.2) is 36.5 Å². The summed E-state index contributed by atoms with van der Waals surface area (Å²) in [4.78, 5) is 4.19. The predicted octanol–water partition coefficient (Wildman–Crippen LogP) is 1.24. The van der Waals surface area contributed by atoms with Gasteiger partial charge in [-0.25, -0.2) is 26.5 Å². The van der Waals surface area contributed by atoms with Gasteiger partial charge in [0.2, 0.25) is 16.0 Å². The number of sulfonamides is 1. The van der Waals surface area contributed by atoms with Gasteiger partial charge in [0, 0.05) is 13.5 Å². The van der Waals surface area contributed by atoms with Gasteiger partial charge in [0.1, 0.15) is 16.9 Å². The Morgan fingerprint density at radius 3 is 2.67 bits per heavy atom. The van der Waals surface area contributed by atoms with Gasteiger partial charge in [0.05, 0.1) is 5.54 Å². The fourth-order valence-corrected chi connectivity index (χ4v) is 3.91. The van der Waals surface area contributed by atoms with Crippen molar-refractivity contribution in [1.82, 2.24) is 4.31 Å². The minimum Gasteiger partial charge on any atom is -0.369 e. The number of aliphatic imine (C=N–C) groups is 1. The fourth-order valence-electron chi connectivity index (χ4n) is 2.36. The first kappa shape index (κ1) is 15.7. The number of benzene rings is 1. The molecule has 2 atom stereocenters. The Kier molecular flexibility index (Phi) is 3.69. The molecule has 0 aromatic heterocycles. The summed E-state index contributed by atoms with van der Waals surface area (Å²) in [5, 5.41) is -0.912. The highest BCUT2D eigenvalue weighted by atomic mass is 32.2. The van der Waals surface area contributed by atoms with Crippen molar-refractivity contribution in [1.29, 1.82) is 0 Å². The molecule has 8 heteroatoms. The number of hydrogen-bond donors (Lipinski definition) is 1. The molecule has 1 heterocycles. The second kappa shape index (κ2) is 4.94. The third-order valence-electron chi connectivity index (χ3n) is 3.95. The normalized spacial score (nSPS) is 28.3. The maximum absolute atomic E-state index is 13.8. The van der Waals surface area contributed by atoms with Crippen molar-refractivity contribution >= 4 is 16.0 Å². The lowest BCUT2D eigenvalue weighted by molar-refractivity contribution is 0.400. The molecule has 1 aromatic rings. The highest BCUT2D eigenvalue weighted by molar-refractivity contribution is 7.90. The SMILES string of the molecule is CC1C(C)(Cc2cc(F)ccc2F)N=C(N)N(C)S1(=O)=O. The van der Waals surface area contributed by atoms with Crippen LogP contribution in [0, 0.1) is 11.6 Å². The van der Waals surface area contributed by atoms with E-state index in [0.29, 0.717) is 0 Å². The third kappa shape index (κ3) is 2.59. The number of nitrogens with zero attached hydrogens (tertiary/aromatic N) is 2. The number of halogens is 2. The van der Waals surface area contributed by atoms with Crippen molar-refractivity contribution in [3.8, 4) is 0 Å². The van der Waals surface area contributed by atoms with E-state index in [1.165, 1.54) is 14.0 Å². The van der Waals surface area contributed by atoms with E-state index in [1.54, 1.807) is 6.92 Å². The number of nitrogens with two attached hydrogens (primary N) is 1. The lowest BCUT2D eigenvalue weighted by Crippen LogP contribution is -2.57. The van der Waals surface area contributed by atoms with Crippen LogP contribution >= 0.6 is 0 Å². The zero-order valence-corrected chi connectivity index (χ0v) is 12.8. The minimum atomic E-state index is -3.68. The van der Waals surface area contributed by atoms with Gasteiger partial charge in [-0.3, -0.25) is 0 Å². The molecule has 0 bridgehead atoms. The molecule has 0 radical (unpaired) electrons. The summed E-state index contributed by atoms with van der Waals surface area (Å²) in [6, 6.07) is 3.06. The molecule has 2 N–H and O–H groups in total. The van der Waals surface area contributed by atoms with Crippen LogP contribution in [0.3, 0.4) is 0 Å². The minimum absolute atomic E-state index is 0.0640. The molecule has 0 aliphatic carbocycles. The van der Waals surface area contributed by atoms with Gasteiger partial charge in [-0.2, -0.15) is 0 Å². The van der Waals surface area contributed by atoms with Crippen LogP contribution in [-0.2, 0) is 16.4 Å². The first-order valence-electron chi connectivity index (χ1n) is 6.35. The van der Waals surface area contributed by atoms with Gasteiger partial charge in [-0.15, -0.1) is 0 Å². The summed E-state index contributed by atoms with van der Waals surface area (Å²) in [7, 11) is -2.37. The highest BCUT2D eigenvalue weighted by Crippen LogP contribution is 2.32. The second-order valence-corrected chi connectivity index (χ2v) is 7.68. The summed E-state index contributed by atoms with van der Waals surface area (Å²) in [5.74, 6) is -1.35. The van der Waals surface area contributed by atoms with E-state index < -0.39 is 32.4 Å². The fraction of sp³-hybridized carbons (Fsp3) is 0.462. The Morgan fingerprint density at radius 2 is 2.05 bits per heavy atom. The maximum Gasteiger partial charge on any atom is 0.242 e. The van der Waals surface area contributed by atoms with Gasteiger partial charge in [0.15, 0.2) is 0 Å².